The molecule has 0 saturated heterocycles. The quantitative estimate of drug-likeness (QED) is 0.921. The number of benzene rings is 1. The fourth-order valence-corrected chi connectivity index (χ4v) is 2.59. The van der Waals surface area contributed by atoms with E-state index in [0.717, 1.165) is 22.6 Å². The Morgan fingerprint density at radius 1 is 1.11 bits per heavy atom. The van der Waals surface area contributed by atoms with E-state index in [-0.39, 0.29) is 6.04 Å². The first kappa shape index (κ1) is 14.3. The minimum atomic E-state index is -0.381. The van der Waals surface area contributed by atoms with E-state index in [1.54, 1.807) is 19.2 Å². The van der Waals surface area contributed by atoms with E-state index in [1.165, 1.54) is 0 Å². The number of nitrogens with two attached hydrogens (primary N) is 1. The first-order chi connectivity index (χ1) is 8.93. The standard InChI is InChI=1S/C14H15Cl2NO2/c1-7-4-9(8(2)19-7)14(17)10-5-12(16)13(18-3)6-11(10)15/h4-6,14H,17H2,1-3H3. The van der Waals surface area contributed by atoms with Gasteiger partial charge in [-0.05, 0) is 31.5 Å². The average molecular weight is 300 g/mol. The fourth-order valence-electron chi connectivity index (χ4n) is 2.07. The molecule has 5 heteroatoms. The zero-order valence-electron chi connectivity index (χ0n) is 11.0. The van der Waals surface area contributed by atoms with E-state index in [9.17, 15) is 0 Å². The Balaban J connectivity index is 2.47. The maximum absolute atomic E-state index is 6.25. The number of methoxy groups -OCH3 is 1. The zero-order valence-corrected chi connectivity index (χ0v) is 12.5. The Morgan fingerprint density at radius 2 is 1.79 bits per heavy atom. The minimum Gasteiger partial charge on any atom is -0.495 e. The highest BCUT2D eigenvalue weighted by molar-refractivity contribution is 6.34. The van der Waals surface area contributed by atoms with Crippen LogP contribution in [0.3, 0.4) is 0 Å². The first-order valence-corrected chi connectivity index (χ1v) is 6.55. The molecule has 0 spiro atoms. The molecular weight excluding hydrogens is 285 g/mol. The lowest BCUT2D eigenvalue weighted by molar-refractivity contribution is 0.415. The Labute approximate surface area is 122 Å². The Bertz CT molecular complexity index is 608. The van der Waals surface area contributed by atoms with Crippen LogP contribution in [0.2, 0.25) is 10.0 Å². The van der Waals surface area contributed by atoms with E-state index >= 15 is 0 Å². The summed E-state index contributed by atoms with van der Waals surface area (Å²) < 4.78 is 10.6. The van der Waals surface area contributed by atoms with Crippen molar-refractivity contribution in [1.29, 1.82) is 0 Å². The van der Waals surface area contributed by atoms with Crippen molar-refractivity contribution in [3.63, 3.8) is 0 Å². The van der Waals surface area contributed by atoms with Gasteiger partial charge in [0.05, 0.1) is 18.2 Å². The molecule has 1 aromatic carbocycles. The monoisotopic (exact) mass is 299 g/mol. The van der Waals surface area contributed by atoms with Gasteiger partial charge < -0.3 is 14.9 Å². The van der Waals surface area contributed by atoms with Gasteiger partial charge in [-0.2, -0.15) is 0 Å². The van der Waals surface area contributed by atoms with Crippen LogP contribution in [0.1, 0.15) is 28.7 Å². The molecule has 0 aliphatic rings. The molecule has 19 heavy (non-hydrogen) atoms. The molecule has 0 amide bonds. The molecule has 0 saturated carbocycles. The average Bonchev–Trinajstić information content (AvgIpc) is 2.70. The lowest BCUT2D eigenvalue weighted by Gasteiger charge is -2.15. The second kappa shape index (κ2) is 5.45. The summed E-state index contributed by atoms with van der Waals surface area (Å²) in [7, 11) is 1.54. The van der Waals surface area contributed by atoms with Crippen LogP contribution >= 0.6 is 23.2 Å². The number of hydrogen-bond acceptors (Lipinski definition) is 3. The van der Waals surface area contributed by atoms with Crippen molar-refractivity contribution < 1.29 is 9.15 Å². The number of furan rings is 1. The molecule has 2 N–H and O–H groups in total. The summed E-state index contributed by atoms with van der Waals surface area (Å²) in [6.07, 6.45) is 0. The van der Waals surface area contributed by atoms with E-state index in [1.807, 2.05) is 19.9 Å². The fraction of sp³-hybridized carbons (Fsp3) is 0.286. The number of ether oxygens (including phenoxy) is 1. The highest BCUT2D eigenvalue weighted by Gasteiger charge is 2.19. The SMILES string of the molecule is COc1cc(Cl)c(C(N)c2cc(C)oc2C)cc1Cl. The normalized spacial score (nSPS) is 12.5. The van der Waals surface area contributed by atoms with Gasteiger partial charge in [0, 0.05) is 16.7 Å². The third-order valence-corrected chi connectivity index (χ3v) is 3.64. The molecule has 0 aliphatic carbocycles. The largest absolute Gasteiger partial charge is 0.495 e. The lowest BCUT2D eigenvalue weighted by atomic mass is 9.99. The summed E-state index contributed by atoms with van der Waals surface area (Å²) in [6, 6.07) is 4.93. The van der Waals surface area contributed by atoms with Crippen molar-refractivity contribution in [2.45, 2.75) is 19.9 Å². The van der Waals surface area contributed by atoms with Crippen LogP contribution in [0, 0.1) is 13.8 Å². The first-order valence-electron chi connectivity index (χ1n) is 5.79. The van der Waals surface area contributed by atoms with Crippen molar-refractivity contribution in [2.75, 3.05) is 7.11 Å². The third-order valence-electron chi connectivity index (χ3n) is 3.02. The molecule has 2 rings (SSSR count). The van der Waals surface area contributed by atoms with Gasteiger partial charge in [0.1, 0.15) is 17.3 Å². The lowest BCUT2D eigenvalue weighted by Crippen LogP contribution is -2.13. The molecule has 1 heterocycles. The van der Waals surface area contributed by atoms with Gasteiger partial charge in [-0.3, -0.25) is 0 Å². The molecule has 0 fully saturated rings. The predicted molar refractivity (Wildman–Crippen MR) is 77.2 cm³/mol. The minimum absolute atomic E-state index is 0.381. The Morgan fingerprint density at radius 3 is 2.32 bits per heavy atom. The van der Waals surface area contributed by atoms with Crippen LogP contribution in [-0.4, -0.2) is 7.11 Å². The maximum Gasteiger partial charge on any atom is 0.138 e. The van der Waals surface area contributed by atoms with Crippen molar-refractivity contribution >= 4 is 23.2 Å². The molecule has 1 atom stereocenters. The number of hydrogen-bond donors (Lipinski definition) is 1. The van der Waals surface area contributed by atoms with E-state index < -0.39 is 0 Å². The van der Waals surface area contributed by atoms with Gasteiger partial charge >= 0.3 is 0 Å². The maximum atomic E-state index is 6.25. The van der Waals surface area contributed by atoms with Gasteiger partial charge in [-0.25, -0.2) is 0 Å². The highest BCUT2D eigenvalue weighted by atomic mass is 35.5. The highest BCUT2D eigenvalue weighted by Crippen LogP contribution is 2.36. The van der Waals surface area contributed by atoms with Crippen molar-refractivity contribution in [3.05, 3.63) is 50.9 Å². The van der Waals surface area contributed by atoms with Crippen molar-refractivity contribution in [2.24, 2.45) is 5.73 Å². The van der Waals surface area contributed by atoms with E-state index in [2.05, 4.69) is 0 Å². The summed E-state index contributed by atoms with van der Waals surface area (Å²) in [6.45, 7) is 3.76. The summed E-state index contributed by atoms with van der Waals surface area (Å²) in [4.78, 5) is 0. The third kappa shape index (κ3) is 2.73. The number of aryl methyl sites for hydroxylation is 2. The zero-order chi connectivity index (χ0) is 14.2. The van der Waals surface area contributed by atoms with Gasteiger partial charge in [-0.1, -0.05) is 23.2 Å². The van der Waals surface area contributed by atoms with Crippen molar-refractivity contribution in [3.8, 4) is 5.75 Å². The van der Waals surface area contributed by atoms with Crippen LogP contribution < -0.4 is 10.5 Å². The van der Waals surface area contributed by atoms with Crippen LogP contribution in [0.15, 0.2) is 22.6 Å². The molecule has 0 bridgehead atoms. The molecule has 2 aromatic rings. The van der Waals surface area contributed by atoms with E-state index in [0.29, 0.717) is 15.8 Å². The smallest absolute Gasteiger partial charge is 0.138 e. The predicted octanol–water partition coefficient (Wildman–Crippen LogP) is 4.26. The second-order valence-corrected chi connectivity index (χ2v) is 5.17. The summed E-state index contributed by atoms with van der Waals surface area (Å²) >= 11 is 12.4. The summed E-state index contributed by atoms with van der Waals surface area (Å²) in [5.74, 6) is 2.13. The van der Waals surface area contributed by atoms with Gasteiger partial charge in [0.15, 0.2) is 0 Å². The second-order valence-electron chi connectivity index (χ2n) is 4.35. The van der Waals surface area contributed by atoms with Crippen LogP contribution in [0.4, 0.5) is 0 Å². The molecule has 0 radical (unpaired) electrons. The Hall–Kier alpha value is -1.16. The van der Waals surface area contributed by atoms with Crippen LogP contribution in [-0.2, 0) is 0 Å². The molecule has 0 aliphatic heterocycles. The van der Waals surface area contributed by atoms with E-state index in [4.69, 9.17) is 38.1 Å². The van der Waals surface area contributed by atoms with Gasteiger partial charge in [0.25, 0.3) is 0 Å². The summed E-state index contributed by atoms with van der Waals surface area (Å²) in [5.41, 5.74) is 7.90. The van der Waals surface area contributed by atoms with Crippen LogP contribution in [0.5, 0.6) is 5.75 Å². The van der Waals surface area contributed by atoms with Crippen LogP contribution in [0.25, 0.3) is 0 Å². The molecule has 102 valence electrons. The molecular formula is C14H15Cl2NO2. The number of rotatable bonds is 3. The molecule has 1 aromatic heterocycles. The van der Waals surface area contributed by atoms with Gasteiger partial charge in [0.2, 0.25) is 0 Å². The van der Waals surface area contributed by atoms with Crippen molar-refractivity contribution in [1.82, 2.24) is 0 Å². The Kier molecular flexibility index (Phi) is 4.09. The number of halogens is 2. The van der Waals surface area contributed by atoms with Gasteiger partial charge in [-0.15, -0.1) is 0 Å². The molecule has 1 unspecified atom stereocenters. The topological polar surface area (TPSA) is 48.4 Å². The summed E-state index contributed by atoms with van der Waals surface area (Å²) in [5, 5.41) is 1.00. The molecule has 3 nitrogen and oxygen atoms in total.